The molecular formula is C20H20FN3O2S. The second-order valence-electron chi connectivity index (χ2n) is 6.91. The molecule has 0 aliphatic carbocycles. The number of nitriles is 1. The van der Waals surface area contributed by atoms with Gasteiger partial charge >= 0.3 is 0 Å². The quantitative estimate of drug-likeness (QED) is 0.714. The SMILES string of the molecule is Cc1cc(C#N)c(F)cc1-c1cn(C(C)C)c2cc(NS(C)(=O)=O)ccc12. The Hall–Kier alpha value is -2.85. The second-order valence-corrected chi connectivity index (χ2v) is 8.66. The minimum atomic E-state index is -3.38. The third-order valence-electron chi connectivity index (χ3n) is 4.42. The molecule has 0 unspecified atom stereocenters. The molecule has 0 aliphatic heterocycles. The smallest absolute Gasteiger partial charge is 0.229 e. The van der Waals surface area contributed by atoms with E-state index < -0.39 is 15.8 Å². The maximum absolute atomic E-state index is 14.2. The fourth-order valence-electron chi connectivity index (χ4n) is 3.23. The van der Waals surface area contributed by atoms with Crippen molar-refractivity contribution in [2.75, 3.05) is 11.0 Å². The summed E-state index contributed by atoms with van der Waals surface area (Å²) in [4.78, 5) is 0. The first kappa shape index (κ1) is 18.9. The van der Waals surface area contributed by atoms with E-state index >= 15 is 0 Å². The number of aromatic nitrogens is 1. The summed E-state index contributed by atoms with van der Waals surface area (Å²) in [6, 6.07) is 10.2. The number of nitrogens with zero attached hydrogens (tertiary/aromatic N) is 2. The van der Waals surface area contributed by atoms with Crippen molar-refractivity contribution >= 4 is 26.6 Å². The van der Waals surface area contributed by atoms with Crippen LogP contribution in [0.5, 0.6) is 0 Å². The third-order valence-corrected chi connectivity index (χ3v) is 5.03. The Morgan fingerprint density at radius 1 is 1.19 bits per heavy atom. The highest BCUT2D eigenvalue weighted by molar-refractivity contribution is 7.92. The van der Waals surface area contributed by atoms with Gasteiger partial charge in [0.05, 0.1) is 23.0 Å². The van der Waals surface area contributed by atoms with Crippen LogP contribution < -0.4 is 4.72 Å². The Labute approximate surface area is 158 Å². The van der Waals surface area contributed by atoms with E-state index in [1.54, 1.807) is 18.2 Å². The molecule has 0 saturated carbocycles. The van der Waals surface area contributed by atoms with Gasteiger partial charge in [-0.25, -0.2) is 12.8 Å². The lowest BCUT2D eigenvalue weighted by atomic mass is 9.98. The molecule has 0 radical (unpaired) electrons. The van der Waals surface area contributed by atoms with E-state index in [1.165, 1.54) is 6.07 Å². The molecule has 0 saturated heterocycles. The van der Waals surface area contributed by atoms with E-state index in [9.17, 15) is 12.8 Å². The van der Waals surface area contributed by atoms with Gasteiger partial charge in [-0.1, -0.05) is 6.07 Å². The fraction of sp³-hybridized carbons (Fsp3) is 0.250. The average molecular weight is 385 g/mol. The van der Waals surface area contributed by atoms with Crippen molar-refractivity contribution in [3.05, 3.63) is 53.5 Å². The van der Waals surface area contributed by atoms with Crippen molar-refractivity contribution in [3.63, 3.8) is 0 Å². The highest BCUT2D eigenvalue weighted by atomic mass is 32.2. The van der Waals surface area contributed by atoms with Gasteiger partial charge < -0.3 is 4.57 Å². The van der Waals surface area contributed by atoms with Crippen molar-refractivity contribution in [1.82, 2.24) is 4.57 Å². The summed E-state index contributed by atoms with van der Waals surface area (Å²) in [6.45, 7) is 5.88. The van der Waals surface area contributed by atoms with Crippen LogP contribution in [0.3, 0.4) is 0 Å². The van der Waals surface area contributed by atoms with Crippen molar-refractivity contribution in [1.29, 1.82) is 5.26 Å². The maximum Gasteiger partial charge on any atom is 0.229 e. The summed E-state index contributed by atoms with van der Waals surface area (Å²) in [5.41, 5.74) is 3.68. The van der Waals surface area contributed by atoms with Crippen LogP contribution in [0.1, 0.15) is 31.0 Å². The summed E-state index contributed by atoms with van der Waals surface area (Å²) < 4.78 is 41.8. The second kappa shape index (κ2) is 6.71. The topological polar surface area (TPSA) is 74.9 Å². The van der Waals surface area contributed by atoms with Gasteiger partial charge in [-0.2, -0.15) is 5.26 Å². The number of aryl methyl sites for hydroxylation is 1. The summed E-state index contributed by atoms with van der Waals surface area (Å²) in [5.74, 6) is -0.557. The number of anilines is 1. The Morgan fingerprint density at radius 2 is 1.89 bits per heavy atom. The van der Waals surface area contributed by atoms with E-state index in [2.05, 4.69) is 4.72 Å². The number of fused-ring (bicyclic) bond motifs is 1. The molecule has 0 spiro atoms. The molecule has 3 aromatic rings. The summed E-state index contributed by atoms with van der Waals surface area (Å²) in [5, 5.41) is 9.91. The number of sulfonamides is 1. The molecule has 27 heavy (non-hydrogen) atoms. The summed E-state index contributed by atoms with van der Waals surface area (Å²) >= 11 is 0. The van der Waals surface area contributed by atoms with Crippen LogP contribution in [0.4, 0.5) is 10.1 Å². The molecule has 1 heterocycles. The number of nitrogens with one attached hydrogen (secondary N) is 1. The number of halogens is 1. The van der Waals surface area contributed by atoms with E-state index in [-0.39, 0.29) is 11.6 Å². The van der Waals surface area contributed by atoms with Gasteiger partial charge in [0.25, 0.3) is 0 Å². The van der Waals surface area contributed by atoms with Crippen molar-refractivity contribution in [2.24, 2.45) is 0 Å². The Kier molecular flexibility index (Phi) is 4.70. The summed E-state index contributed by atoms with van der Waals surface area (Å²) in [6.07, 6.45) is 3.04. The van der Waals surface area contributed by atoms with Crippen molar-refractivity contribution in [3.8, 4) is 17.2 Å². The number of hydrogen-bond acceptors (Lipinski definition) is 3. The zero-order valence-corrected chi connectivity index (χ0v) is 16.4. The van der Waals surface area contributed by atoms with Crippen LogP contribution in [-0.2, 0) is 10.0 Å². The molecule has 3 rings (SSSR count). The Bertz CT molecular complexity index is 1190. The Morgan fingerprint density at radius 3 is 2.48 bits per heavy atom. The van der Waals surface area contributed by atoms with Crippen LogP contribution in [0, 0.1) is 24.1 Å². The van der Waals surface area contributed by atoms with Gasteiger partial charge in [0, 0.05) is 23.2 Å². The number of rotatable bonds is 4. The first-order chi connectivity index (χ1) is 12.6. The van der Waals surface area contributed by atoms with E-state index in [1.807, 2.05) is 43.7 Å². The van der Waals surface area contributed by atoms with E-state index in [0.717, 1.165) is 28.3 Å². The van der Waals surface area contributed by atoms with Gasteiger partial charge in [0.15, 0.2) is 0 Å². The van der Waals surface area contributed by atoms with Crippen LogP contribution in [-0.4, -0.2) is 19.2 Å². The molecule has 1 aromatic heterocycles. The molecule has 1 N–H and O–H groups in total. The normalized spacial score (nSPS) is 11.7. The monoisotopic (exact) mass is 385 g/mol. The lowest BCUT2D eigenvalue weighted by Gasteiger charge is -2.10. The predicted octanol–water partition coefficient (Wildman–Crippen LogP) is 4.58. The molecule has 0 bridgehead atoms. The molecule has 140 valence electrons. The minimum Gasteiger partial charge on any atom is -0.344 e. The van der Waals surface area contributed by atoms with E-state index in [0.29, 0.717) is 11.3 Å². The zero-order valence-electron chi connectivity index (χ0n) is 15.5. The molecule has 5 nitrogen and oxygen atoms in total. The zero-order chi connectivity index (χ0) is 19.9. The van der Waals surface area contributed by atoms with Gasteiger partial charge in [-0.15, -0.1) is 0 Å². The number of hydrogen-bond donors (Lipinski definition) is 1. The van der Waals surface area contributed by atoms with Crippen molar-refractivity contribution < 1.29 is 12.8 Å². The largest absolute Gasteiger partial charge is 0.344 e. The molecular weight excluding hydrogens is 365 g/mol. The average Bonchev–Trinajstić information content (AvgIpc) is 2.94. The molecule has 0 amide bonds. The van der Waals surface area contributed by atoms with Gasteiger partial charge in [0.1, 0.15) is 11.9 Å². The van der Waals surface area contributed by atoms with Crippen LogP contribution in [0.25, 0.3) is 22.0 Å². The van der Waals surface area contributed by atoms with Crippen LogP contribution in [0.15, 0.2) is 36.5 Å². The van der Waals surface area contributed by atoms with Gasteiger partial charge in [-0.3, -0.25) is 4.72 Å². The lowest BCUT2D eigenvalue weighted by Crippen LogP contribution is -2.09. The first-order valence-corrected chi connectivity index (χ1v) is 10.3. The summed E-state index contributed by atoms with van der Waals surface area (Å²) in [7, 11) is -3.38. The molecule has 0 atom stereocenters. The molecule has 0 fully saturated rings. The highest BCUT2D eigenvalue weighted by Crippen LogP contribution is 2.36. The highest BCUT2D eigenvalue weighted by Gasteiger charge is 2.17. The van der Waals surface area contributed by atoms with Gasteiger partial charge in [0.2, 0.25) is 10.0 Å². The number of benzene rings is 2. The van der Waals surface area contributed by atoms with Crippen LogP contribution >= 0.6 is 0 Å². The van der Waals surface area contributed by atoms with Gasteiger partial charge in [-0.05, 0) is 56.2 Å². The minimum absolute atomic E-state index is 0.0171. The lowest BCUT2D eigenvalue weighted by molar-refractivity contribution is 0.607. The maximum atomic E-state index is 14.2. The standard InChI is InChI=1S/C20H20FN3O2S/c1-12(2)24-11-18(17-9-19(21)14(10-22)7-13(17)3)16-6-5-15(8-20(16)24)23-27(4,25)26/h5-9,11-12,23H,1-4H3. The third kappa shape index (κ3) is 3.67. The molecule has 7 heteroatoms. The fourth-order valence-corrected chi connectivity index (χ4v) is 3.78. The first-order valence-electron chi connectivity index (χ1n) is 8.43. The van der Waals surface area contributed by atoms with Crippen molar-refractivity contribution in [2.45, 2.75) is 26.8 Å². The molecule has 0 aliphatic rings. The molecule has 2 aromatic carbocycles. The predicted molar refractivity (Wildman–Crippen MR) is 106 cm³/mol. The van der Waals surface area contributed by atoms with E-state index in [4.69, 9.17) is 5.26 Å². The Balaban J connectivity index is 2.27. The van der Waals surface area contributed by atoms with Crippen LogP contribution in [0.2, 0.25) is 0 Å².